The van der Waals surface area contributed by atoms with Crippen molar-refractivity contribution >= 4 is 33.8 Å². The largest absolute Gasteiger partial charge is 0.431 e. The maximum atomic E-state index is 12.0. The molecule has 2 heterocycles. The maximum absolute atomic E-state index is 12.0. The van der Waals surface area contributed by atoms with Crippen molar-refractivity contribution in [1.82, 2.24) is 4.98 Å². The number of hydrogen-bond donors (Lipinski definition) is 0. The number of thioether (sulfide) groups is 1. The van der Waals surface area contributed by atoms with Crippen LogP contribution < -0.4 is 5.63 Å². The molecule has 0 fully saturated rings. The highest BCUT2D eigenvalue weighted by Gasteiger charge is 2.13. The third-order valence-corrected chi connectivity index (χ3v) is 5.34. The van der Waals surface area contributed by atoms with Crippen LogP contribution in [-0.2, 0) is 5.75 Å². The first kappa shape index (κ1) is 16.9. The minimum atomic E-state index is -0.331. The van der Waals surface area contributed by atoms with Gasteiger partial charge in [-0.2, -0.15) is 0 Å². The third-order valence-electron chi connectivity index (χ3n) is 4.46. The Balaban J connectivity index is 1.72. The Kier molecular flexibility index (Phi) is 4.32. The maximum Gasteiger partial charge on any atom is 0.336 e. The van der Waals surface area contributed by atoms with E-state index in [1.807, 2.05) is 30.3 Å². The predicted molar refractivity (Wildman–Crippen MR) is 105 cm³/mol. The Labute approximate surface area is 155 Å². The van der Waals surface area contributed by atoms with E-state index < -0.39 is 0 Å². The summed E-state index contributed by atoms with van der Waals surface area (Å²) in [6, 6.07) is 13.3. The van der Waals surface area contributed by atoms with Crippen LogP contribution in [-0.4, -0.2) is 4.98 Å². The molecule has 4 rings (SSSR count). The quantitative estimate of drug-likeness (QED) is 0.345. The molecule has 0 radical (unpaired) electrons. The third kappa shape index (κ3) is 3.15. The van der Waals surface area contributed by atoms with E-state index >= 15 is 0 Å². The van der Waals surface area contributed by atoms with Gasteiger partial charge < -0.3 is 8.83 Å². The molecule has 0 atom stereocenters. The minimum absolute atomic E-state index is 0.331. The number of para-hydroxylation sites is 2. The van der Waals surface area contributed by atoms with Crippen molar-refractivity contribution in [3.63, 3.8) is 0 Å². The monoisotopic (exact) mass is 365 g/mol. The average molecular weight is 365 g/mol. The first-order valence-electron chi connectivity index (χ1n) is 8.57. The van der Waals surface area contributed by atoms with E-state index in [-0.39, 0.29) is 5.63 Å². The minimum Gasteiger partial charge on any atom is -0.431 e. The number of aromatic nitrogens is 1. The van der Waals surface area contributed by atoms with Gasteiger partial charge in [-0.15, -0.1) is 0 Å². The van der Waals surface area contributed by atoms with Gasteiger partial charge in [0.05, 0.1) is 0 Å². The van der Waals surface area contributed by atoms with E-state index in [1.165, 1.54) is 17.3 Å². The van der Waals surface area contributed by atoms with Gasteiger partial charge in [0, 0.05) is 17.2 Å². The van der Waals surface area contributed by atoms with Crippen LogP contribution in [0, 0.1) is 6.92 Å². The summed E-state index contributed by atoms with van der Waals surface area (Å²) in [4.78, 5) is 16.5. The molecule has 0 unspecified atom stereocenters. The Bertz CT molecular complexity index is 1120. The summed E-state index contributed by atoms with van der Waals surface area (Å²) >= 11 is 1.48. The molecule has 4 aromatic rings. The number of aryl methyl sites for hydroxylation is 1. The summed E-state index contributed by atoms with van der Waals surface area (Å²) in [6.07, 6.45) is 0. The lowest BCUT2D eigenvalue weighted by molar-refractivity contribution is 0.489. The van der Waals surface area contributed by atoms with Gasteiger partial charge in [0.15, 0.2) is 5.58 Å². The Hall–Kier alpha value is -2.53. The molecule has 132 valence electrons. The van der Waals surface area contributed by atoms with Crippen LogP contribution in [0.15, 0.2) is 61.3 Å². The fraction of sp³-hybridized carbons (Fsp3) is 0.238. The molecule has 0 aliphatic carbocycles. The van der Waals surface area contributed by atoms with Gasteiger partial charge in [-0.3, -0.25) is 0 Å². The van der Waals surface area contributed by atoms with E-state index in [2.05, 4.69) is 31.8 Å². The molecule has 0 spiro atoms. The van der Waals surface area contributed by atoms with Crippen molar-refractivity contribution in [2.45, 2.75) is 37.7 Å². The zero-order valence-electron chi connectivity index (χ0n) is 14.9. The molecule has 0 aliphatic heterocycles. The molecule has 2 aromatic carbocycles. The summed E-state index contributed by atoms with van der Waals surface area (Å²) in [5.74, 6) is 0.999. The smallest absolute Gasteiger partial charge is 0.336 e. The van der Waals surface area contributed by atoms with Gasteiger partial charge in [0.25, 0.3) is 5.22 Å². The van der Waals surface area contributed by atoms with Crippen LogP contribution >= 0.6 is 11.8 Å². The van der Waals surface area contributed by atoms with Gasteiger partial charge in [-0.25, -0.2) is 9.78 Å². The highest BCUT2D eigenvalue weighted by Crippen LogP contribution is 2.31. The highest BCUT2D eigenvalue weighted by atomic mass is 32.2. The van der Waals surface area contributed by atoms with E-state index in [4.69, 9.17) is 8.83 Å². The number of rotatable bonds is 4. The van der Waals surface area contributed by atoms with Crippen molar-refractivity contribution in [3.05, 3.63) is 69.6 Å². The summed E-state index contributed by atoms with van der Waals surface area (Å²) in [6.45, 7) is 6.38. The molecule has 0 N–H and O–H groups in total. The van der Waals surface area contributed by atoms with E-state index in [1.54, 1.807) is 6.07 Å². The Morgan fingerprint density at radius 3 is 2.65 bits per heavy atom. The second-order valence-corrected chi connectivity index (χ2v) is 7.61. The number of benzene rings is 2. The molecule has 0 aliphatic rings. The van der Waals surface area contributed by atoms with E-state index in [0.29, 0.717) is 22.5 Å². The number of oxazole rings is 1. The lowest BCUT2D eigenvalue weighted by Gasteiger charge is -2.12. The molecule has 0 bridgehead atoms. The van der Waals surface area contributed by atoms with E-state index in [0.717, 1.165) is 27.6 Å². The Morgan fingerprint density at radius 2 is 1.88 bits per heavy atom. The molecule has 0 saturated heterocycles. The molecule has 5 heteroatoms. The second kappa shape index (κ2) is 6.65. The highest BCUT2D eigenvalue weighted by molar-refractivity contribution is 7.98. The van der Waals surface area contributed by atoms with Gasteiger partial charge in [0.1, 0.15) is 11.1 Å². The van der Waals surface area contributed by atoms with Crippen molar-refractivity contribution in [3.8, 4) is 0 Å². The van der Waals surface area contributed by atoms with Crippen LogP contribution in [0.4, 0.5) is 0 Å². The first-order valence-corrected chi connectivity index (χ1v) is 9.55. The van der Waals surface area contributed by atoms with Crippen LogP contribution in [0.2, 0.25) is 0 Å². The summed E-state index contributed by atoms with van der Waals surface area (Å²) < 4.78 is 11.2. The summed E-state index contributed by atoms with van der Waals surface area (Å²) in [5, 5.41) is 1.58. The number of fused-ring (bicyclic) bond motifs is 2. The zero-order chi connectivity index (χ0) is 18.3. The predicted octanol–water partition coefficient (Wildman–Crippen LogP) is 5.66. The van der Waals surface area contributed by atoms with Crippen LogP contribution in [0.5, 0.6) is 0 Å². The fourth-order valence-corrected chi connectivity index (χ4v) is 4.01. The summed E-state index contributed by atoms with van der Waals surface area (Å²) in [7, 11) is 0. The van der Waals surface area contributed by atoms with Gasteiger partial charge in [-0.1, -0.05) is 37.7 Å². The van der Waals surface area contributed by atoms with Crippen molar-refractivity contribution in [2.24, 2.45) is 0 Å². The van der Waals surface area contributed by atoms with Gasteiger partial charge >= 0.3 is 5.63 Å². The van der Waals surface area contributed by atoms with Crippen LogP contribution in [0.3, 0.4) is 0 Å². The topological polar surface area (TPSA) is 56.2 Å². The normalized spacial score (nSPS) is 11.7. The van der Waals surface area contributed by atoms with Crippen molar-refractivity contribution in [2.75, 3.05) is 0 Å². The number of nitrogens with zero attached hydrogens (tertiary/aromatic N) is 1. The molecule has 4 nitrogen and oxygen atoms in total. The standard InChI is InChI=1S/C21H19NO3S/c1-12(2)15-10-16-14(9-20(23)24-19(16)8-13(15)3)11-26-21-22-17-6-4-5-7-18(17)25-21/h4-10,12H,11H2,1-3H3. The number of hydrogen-bond acceptors (Lipinski definition) is 5. The first-order chi connectivity index (χ1) is 12.5. The lowest BCUT2D eigenvalue weighted by atomic mass is 9.95. The molecular weight excluding hydrogens is 346 g/mol. The molecule has 26 heavy (non-hydrogen) atoms. The second-order valence-electron chi connectivity index (χ2n) is 6.69. The Morgan fingerprint density at radius 1 is 1.08 bits per heavy atom. The van der Waals surface area contributed by atoms with E-state index in [9.17, 15) is 4.79 Å². The van der Waals surface area contributed by atoms with Crippen molar-refractivity contribution < 1.29 is 8.83 Å². The lowest BCUT2D eigenvalue weighted by Crippen LogP contribution is -2.02. The SMILES string of the molecule is Cc1cc2oc(=O)cc(CSc3nc4ccccc4o3)c2cc1C(C)C. The molecular formula is C21H19NO3S. The van der Waals surface area contributed by atoms with Gasteiger partial charge in [0.2, 0.25) is 0 Å². The van der Waals surface area contributed by atoms with Crippen LogP contribution in [0.25, 0.3) is 22.1 Å². The molecule has 2 aromatic heterocycles. The molecule has 0 amide bonds. The van der Waals surface area contributed by atoms with Crippen LogP contribution in [0.1, 0.15) is 36.5 Å². The van der Waals surface area contributed by atoms with Crippen molar-refractivity contribution in [1.29, 1.82) is 0 Å². The fourth-order valence-electron chi connectivity index (χ4n) is 3.19. The molecule has 0 saturated carbocycles. The van der Waals surface area contributed by atoms with Gasteiger partial charge in [-0.05, 0) is 53.8 Å². The zero-order valence-corrected chi connectivity index (χ0v) is 15.7. The summed E-state index contributed by atoms with van der Waals surface area (Å²) in [5.41, 5.74) is 5.24. The average Bonchev–Trinajstić information content (AvgIpc) is 3.01.